The molecular formula is C16H12BF5O2. The van der Waals surface area contributed by atoms with E-state index in [2.05, 4.69) is 0 Å². The van der Waals surface area contributed by atoms with Crippen molar-refractivity contribution in [3.63, 3.8) is 0 Å². The predicted octanol–water partition coefficient (Wildman–Crippen LogP) is 4.35. The van der Waals surface area contributed by atoms with Gasteiger partial charge in [-0.1, -0.05) is 42.5 Å². The minimum atomic E-state index is -4.44. The maximum Gasteiger partial charge on any atom is 0.521 e. The zero-order chi connectivity index (χ0) is 18.2. The van der Waals surface area contributed by atoms with E-state index in [1.165, 1.54) is 0 Å². The summed E-state index contributed by atoms with van der Waals surface area (Å²) in [5.41, 5.74) is -0.335. The van der Waals surface area contributed by atoms with Crippen molar-refractivity contribution in [2.75, 3.05) is 0 Å². The van der Waals surface area contributed by atoms with Crippen LogP contribution in [0.5, 0.6) is 0 Å². The molecule has 2 nitrogen and oxygen atoms in total. The highest BCUT2D eigenvalue weighted by Crippen LogP contribution is 2.29. The number of alkyl halides is 3. The van der Waals surface area contributed by atoms with Gasteiger partial charge in [0.05, 0.1) is 12.0 Å². The van der Waals surface area contributed by atoms with Crippen LogP contribution in [0.3, 0.4) is 0 Å². The Hall–Kier alpha value is -2.51. The van der Waals surface area contributed by atoms with Crippen LogP contribution in [-0.4, -0.2) is 19.4 Å². The van der Waals surface area contributed by atoms with E-state index >= 15 is 0 Å². The number of hydrogen-bond donors (Lipinski definition) is 0. The second-order valence-corrected chi connectivity index (χ2v) is 4.57. The van der Waals surface area contributed by atoms with Crippen molar-refractivity contribution in [1.82, 2.24) is 0 Å². The van der Waals surface area contributed by atoms with Gasteiger partial charge >= 0.3 is 14.0 Å². The average molecular weight is 342 g/mol. The van der Waals surface area contributed by atoms with Gasteiger partial charge in [-0.25, -0.2) is 0 Å². The third kappa shape index (κ3) is 5.94. The lowest BCUT2D eigenvalue weighted by molar-refractivity contribution is -0.137. The van der Waals surface area contributed by atoms with Gasteiger partial charge in [-0.05, 0) is 12.1 Å². The molecule has 0 aromatic heterocycles. The van der Waals surface area contributed by atoms with Crippen molar-refractivity contribution in [1.29, 1.82) is 0 Å². The molecule has 0 bridgehead atoms. The van der Waals surface area contributed by atoms with Gasteiger partial charge in [0.15, 0.2) is 11.6 Å². The highest BCUT2D eigenvalue weighted by Gasteiger charge is 2.30. The number of carbonyl (C=O) groups is 2. The molecule has 0 heterocycles. The Balaban J connectivity index is 0.000000891. The Kier molecular flexibility index (Phi) is 7.29. The number of ketones is 2. The van der Waals surface area contributed by atoms with Gasteiger partial charge in [0, 0.05) is 11.1 Å². The first kappa shape index (κ1) is 19.5. The molecule has 0 atom stereocenters. The fourth-order valence-corrected chi connectivity index (χ4v) is 1.82. The molecule has 0 aliphatic rings. The molecule has 2 rings (SSSR count). The lowest BCUT2D eigenvalue weighted by atomic mass is 10.0. The van der Waals surface area contributed by atoms with Crippen molar-refractivity contribution >= 4 is 19.4 Å². The van der Waals surface area contributed by atoms with Crippen LogP contribution < -0.4 is 0 Å². The van der Waals surface area contributed by atoms with E-state index in [1.54, 1.807) is 30.3 Å². The Bertz CT molecular complexity index is 669. The summed E-state index contributed by atoms with van der Waals surface area (Å²) in [6.45, 7) is 0. The molecule has 2 aromatic rings. The maximum absolute atomic E-state index is 12.4. The summed E-state index contributed by atoms with van der Waals surface area (Å²) < 4.78 is 56.5. The molecule has 0 saturated carbocycles. The number of rotatable bonds is 4. The summed E-state index contributed by atoms with van der Waals surface area (Å²) in [5.74, 6) is -0.863. The standard InChI is InChI=1S/C16H11F3O2.BF2H/c17-16(18,19)13-8-6-12(7-9-13)15(21)10-14(20)11-4-2-1-3-5-11;2-1-3/h1-9H,10H2;1H. The van der Waals surface area contributed by atoms with Crippen LogP contribution in [0.1, 0.15) is 32.7 Å². The predicted molar refractivity (Wildman–Crippen MR) is 80.5 cm³/mol. The average Bonchev–Trinajstić information content (AvgIpc) is 2.55. The van der Waals surface area contributed by atoms with Crippen LogP contribution in [0.15, 0.2) is 54.6 Å². The van der Waals surface area contributed by atoms with E-state index in [4.69, 9.17) is 0 Å². The number of Topliss-reactive ketones (excluding diaryl/α,β-unsaturated/α-hetero) is 2. The number of benzene rings is 2. The molecule has 0 radical (unpaired) electrons. The first-order valence-electron chi connectivity index (χ1n) is 6.70. The number of carbonyl (C=O) groups excluding carboxylic acids is 2. The highest BCUT2D eigenvalue weighted by molar-refractivity contribution is 6.15. The number of halogens is 5. The molecule has 0 saturated heterocycles. The van der Waals surface area contributed by atoms with E-state index in [9.17, 15) is 31.4 Å². The Morgan fingerprint density at radius 2 is 1.21 bits per heavy atom. The molecule has 0 N–H and O–H groups in total. The van der Waals surface area contributed by atoms with Crippen LogP contribution in [0, 0.1) is 0 Å². The summed E-state index contributed by atoms with van der Waals surface area (Å²) in [6, 6.07) is 12.1. The van der Waals surface area contributed by atoms with E-state index < -0.39 is 25.4 Å². The molecule has 0 fully saturated rings. The zero-order valence-electron chi connectivity index (χ0n) is 12.3. The molecule has 2 aromatic carbocycles. The van der Waals surface area contributed by atoms with Gasteiger partial charge < -0.3 is 0 Å². The largest absolute Gasteiger partial charge is 0.521 e. The quantitative estimate of drug-likeness (QED) is 0.358. The molecular weight excluding hydrogens is 330 g/mol. The summed E-state index contributed by atoms with van der Waals surface area (Å²) in [6.07, 6.45) is -4.81. The minimum absolute atomic E-state index is 0.0901. The molecule has 0 amide bonds. The van der Waals surface area contributed by atoms with Gasteiger partial charge in [0.25, 0.3) is 0 Å². The van der Waals surface area contributed by atoms with Crippen molar-refractivity contribution in [2.24, 2.45) is 0 Å². The maximum atomic E-state index is 12.4. The smallest absolute Gasteiger partial charge is 0.294 e. The first-order chi connectivity index (χ1) is 11.3. The topological polar surface area (TPSA) is 34.1 Å². The van der Waals surface area contributed by atoms with E-state index in [-0.39, 0.29) is 17.8 Å². The van der Waals surface area contributed by atoms with Crippen LogP contribution in [0.2, 0.25) is 0 Å². The van der Waals surface area contributed by atoms with Crippen molar-refractivity contribution in [2.45, 2.75) is 12.6 Å². The molecule has 126 valence electrons. The summed E-state index contributed by atoms with van der Waals surface area (Å²) in [4.78, 5) is 23.7. The fraction of sp³-hybridized carbons (Fsp3) is 0.125. The normalized spacial score (nSPS) is 10.4. The summed E-state index contributed by atoms with van der Waals surface area (Å²) >= 11 is 0. The molecule has 8 heteroatoms. The Morgan fingerprint density at radius 1 is 0.792 bits per heavy atom. The number of hydrogen-bond acceptors (Lipinski definition) is 2. The summed E-state index contributed by atoms with van der Waals surface area (Å²) in [5, 5.41) is 0. The van der Waals surface area contributed by atoms with Crippen LogP contribution in [0.4, 0.5) is 21.8 Å². The zero-order valence-corrected chi connectivity index (χ0v) is 12.3. The lowest BCUT2D eigenvalue weighted by Crippen LogP contribution is -2.10. The van der Waals surface area contributed by atoms with Crippen molar-refractivity contribution in [3.8, 4) is 0 Å². The van der Waals surface area contributed by atoms with Gasteiger partial charge in [-0.15, -0.1) is 0 Å². The Morgan fingerprint density at radius 3 is 1.62 bits per heavy atom. The molecule has 0 spiro atoms. The van der Waals surface area contributed by atoms with Crippen LogP contribution >= 0.6 is 0 Å². The van der Waals surface area contributed by atoms with Crippen molar-refractivity contribution in [3.05, 3.63) is 71.3 Å². The monoisotopic (exact) mass is 342 g/mol. The van der Waals surface area contributed by atoms with E-state index in [1.807, 2.05) is 0 Å². The molecule has 0 aliphatic heterocycles. The summed E-state index contributed by atoms with van der Waals surface area (Å²) in [7, 11) is -1.75. The van der Waals surface area contributed by atoms with Crippen molar-refractivity contribution < 1.29 is 31.4 Å². The van der Waals surface area contributed by atoms with E-state index in [0.717, 1.165) is 24.3 Å². The molecule has 0 unspecified atom stereocenters. The van der Waals surface area contributed by atoms with E-state index in [0.29, 0.717) is 5.56 Å². The van der Waals surface area contributed by atoms with Crippen LogP contribution in [0.25, 0.3) is 0 Å². The SMILES string of the molecule is FBF.O=C(CC(=O)c1ccc(C(F)(F)F)cc1)c1ccccc1. The Labute approximate surface area is 135 Å². The first-order valence-corrected chi connectivity index (χ1v) is 6.70. The van der Waals surface area contributed by atoms with Gasteiger partial charge in [0.1, 0.15) is 0 Å². The van der Waals surface area contributed by atoms with Gasteiger partial charge in [-0.2, -0.15) is 13.2 Å². The minimum Gasteiger partial charge on any atom is -0.294 e. The van der Waals surface area contributed by atoms with Gasteiger partial charge in [0.2, 0.25) is 0 Å². The lowest BCUT2D eigenvalue weighted by Gasteiger charge is -2.07. The third-order valence-electron chi connectivity index (χ3n) is 2.95. The van der Waals surface area contributed by atoms with Crippen LogP contribution in [-0.2, 0) is 6.18 Å². The second kappa shape index (κ2) is 8.95. The molecule has 0 aliphatic carbocycles. The van der Waals surface area contributed by atoms with Gasteiger partial charge in [-0.3, -0.25) is 18.2 Å². The third-order valence-corrected chi connectivity index (χ3v) is 2.95. The highest BCUT2D eigenvalue weighted by atomic mass is 19.4. The molecule has 24 heavy (non-hydrogen) atoms. The second-order valence-electron chi connectivity index (χ2n) is 4.57. The fourth-order valence-electron chi connectivity index (χ4n) is 1.82.